The van der Waals surface area contributed by atoms with Crippen LogP contribution in [-0.4, -0.2) is 0 Å². The first-order chi connectivity index (χ1) is 17.0. The van der Waals surface area contributed by atoms with E-state index in [2.05, 4.69) is 73.6 Å². The lowest BCUT2D eigenvalue weighted by atomic mass is 10.1. The number of anilines is 1. The molecule has 0 spiro atoms. The lowest BCUT2D eigenvalue weighted by molar-refractivity contribution is 0.577. The Kier molecular flexibility index (Phi) is 11.1. The molecule has 0 atom stereocenters. The Balaban J connectivity index is 0.00000210. The van der Waals surface area contributed by atoms with Crippen molar-refractivity contribution >= 4 is 29.3 Å². The van der Waals surface area contributed by atoms with Gasteiger partial charge in [-0.05, 0) is 67.3 Å². The summed E-state index contributed by atoms with van der Waals surface area (Å²) in [6, 6.07) is 16.4. The third kappa shape index (κ3) is 8.04. The van der Waals surface area contributed by atoms with E-state index >= 15 is 0 Å². The molecule has 0 aliphatic carbocycles. The highest BCUT2D eigenvalue weighted by molar-refractivity contribution is 5.79. The zero-order chi connectivity index (χ0) is 25.6. The fourth-order valence-corrected chi connectivity index (χ4v) is 3.35. The van der Waals surface area contributed by atoms with Crippen LogP contribution in [-0.2, 0) is 6.42 Å². The number of benzene rings is 2. The molecule has 3 rings (SSSR count). The number of fused-ring (bicyclic) bond motifs is 1. The van der Waals surface area contributed by atoms with Gasteiger partial charge < -0.3 is 9.73 Å². The van der Waals surface area contributed by atoms with Crippen LogP contribution in [0.4, 0.5) is 5.69 Å². The van der Waals surface area contributed by atoms with Gasteiger partial charge in [0, 0.05) is 22.0 Å². The monoisotopic (exact) mass is 463 g/mol. The number of nitrogens with one attached hydrogen (secondary N) is 1. The zero-order valence-corrected chi connectivity index (χ0v) is 21.5. The Morgan fingerprint density at radius 2 is 1.74 bits per heavy atom. The maximum atomic E-state index is 5.72. The van der Waals surface area contributed by atoms with Crippen molar-refractivity contribution in [2.75, 3.05) is 5.32 Å². The van der Waals surface area contributed by atoms with Crippen LogP contribution in [0, 0.1) is 0 Å². The molecule has 0 aliphatic rings. The second-order valence-electron chi connectivity index (χ2n) is 7.76. The summed E-state index contributed by atoms with van der Waals surface area (Å²) in [4.78, 5) is 0. The van der Waals surface area contributed by atoms with Crippen molar-refractivity contribution in [1.29, 1.82) is 0 Å². The second kappa shape index (κ2) is 14.3. The Bertz CT molecular complexity index is 1360. The van der Waals surface area contributed by atoms with Crippen LogP contribution in [0.5, 0.6) is 0 Å². The van der Waals surface area contributed by atoms with Gasteiger partial charge in [0.2, 0.25) is 0 Å². The van der Waals surface area contributed by atoms with E-state index in [0.29, 0.717) is 5.42 Å². The van der Waals surface area contributed by atoms with Crippen LogP contribution in [0.3, 0.4) is 0 Å². The number of hydrogen-bond acceptors (Lipinski definition) is 2. The molecule has 2 nitrogen and oxygen atoms in total. The summed E-state index contributed by atoms with van der Waals surface area (Å²) < 4.78 is 5.72. The minimum atomic E-state index is 0.692. The van der Waals surface area contributed by atoms with Gasteiger partial charge in [-0.2, -0.15) is 0 Å². The van der Waals surface area contributed by atoms with Gasteiger partial charge >= 0.3 is 0 Å². The standard InChI is InChI=1S/C31H31NO.C2H6/c1-6-8-13-23(3)24(4)22-27(7-2)32-28-20-18-26(19-21-28)14-9-10-15-29-25(5)33-31-17-12-11-16-30(29)31;1-2/h6-13,15-22,32H,2,4-5,14H2,1,3H3;1-2H3/b8-6-,10-9-,23-13+,27-22+,29-15+;. The first-order valence-corrected chi connectivity index (χ1v) is 12.0. The number of rotatable bonds is 9. The first kappa shape index (κ1) is 27.2. The Morgan fingerprint density at radius 1 is 1.03 bits per heavy atom. The van der Waals surface area contributed by atoms with Gasteiger partial charge in [-0.3, -0.25) is 0 Å². The molecule has 2 aromatic carbocycles. The van der Waals surface area contributed by atoms with Crippen LogP contribution < -0.4 is 16.0 Å². The molecular formula is C33H37NO. The second-order valence-corrected chi connectivity index (χ2v) is 7.76. The van der Waals surface area contributed by atoms with E-state index in [1.54, 1.807) is 6.08 Å². The molecule has 35 heavy (non-hydrogen) atoms. The van der Waals surface area contributed by atoms with Crippen molar-refractivity contribution < 1.29 is 4.42 Å². The predicted molar refractivity (Wildman–Crippen MR) is 156 cm³/mol. The summed E-state index contributed by atoms with van der Waals surface area (Å²) in [5, 5.41) is 5.52. The third-order valence-electron chi connectivity index (χ3n) is 5.30. The summed E-state index contributed by atoms with van der Waals surface area (Å²) in [6.07, 6.45) is 17.0. The van der Waals surface area contributed by atoms with E-state index in [1.807, 2.05) is 70.2 Å². The van der Waals surface area contributed by atoms with Crippen molar-refractivity contribution in [2.24, 2.45) is 0 Å². The summed E-state index contributed by atoms with van der Waals surface area (Å²) >= 11 is 0. The molecule has 0 fully saturated rings. The Hall–Kier alpha value is -4.04. The third-order valence-corrected chi connectivity index (χ3v) is 5.30. The molecule has 0 saturated heterocycles. The first-order valence-electron chi connectivity index (χ1n) is 12.0. The molecule has 0 radical (unpaired) electrons. The summed E-state index contributed by atoms with van der Waals surface area (Å²) in [6.45, 7) is 20.1. The molecule has 0 amide bonds. The molecule has 1 aromatic heterocycles. The molecule has 3 aromatic rings. The fraction of sp³-hybridized carbons (Fsp3) is 0.152. The Labute approximate surface area is 210 Å². The molecule has 0 saturated carbocycles. The Morgan fingerprint density at radius 3 is 2.43 bits per heavy atom. The maximum absolute atomic E-state index is 5.72. The topological polar surface area (TPSA) is 25.2 Å². The van der Waals surface area contributed by atoms with Crippen LogP contribution in [0.25, 0.3) is 23.6 Å². The largest absolute Gasteiger partial charge is 0.457 e. The lowest BCUT2D eigenvalue weighted by Gasteiger charge is -2.09. The van der Waals surface area contributed by atoms with E-state index in [1.165, 1.54) is 5.56 Å². The number of allylic oxidation sites excluding steroid dienone is 9. The van der Waals surface area contributed by atoms with Crippen molar-refractivity contribution in [3.05, 3.63) is 137 Å². The van der Waals surface area contributed by atoms with Crippen LogP contribution >= 0.6 is 0 Å². The molecule has 180 valence electrons. The van der Waals surface area contributed by atoms with E-state index in [4.69, 9.17) is 4.42 Å². The highest BCUT2D eigenvalue weighted by Crippen LogP contribution is 2.16. The van der Waals surface area contributed by atoms with Crippen LogP contribution in [0.15, 0.2) is 125 Å². The molecular weight excluding hydrogens is 426 g/mol. The minimum Gasteiger partial charge on any atom is -0.457 e. The SMILES string of the molecule is C=C/C(=C\C(=C)/C(C)=C/C=C\C)Nc1ccc(C/C=C\C=c2/c(=C)oc3ccccc23)cc1.CC. The van der Waals surface area contributed by atoms with Gasteiger partial charge in [0.15, 0.2) is 0 Å². The van der Waals surface area contributed by atoms with E-state index < -0.39 is 0 Å². The number of para-hydroxylation sites is 1. The highest BCUT2D eigenvalue weighted by atomic mass is 16.3. The normalized spacial score (nSPS) is 12.7. The van der Waals surface area contributed by atoms with Gasteiger partial charge in [0.05, 0.1) is 0 Å². The summed E-state index contributed by atoms with van der Waals surface area (Å²) in [5.41, 5.74) is 6.77. The van der Waals surface area contributed by atoms with Gasteiger partial charge in [0.1, 0.15) is 11.0 Å². The summed E-state index contributed by atoms with van der Waals surface area (Å²) in [5.74, 6) is 0. The van der Waals surface area contributed by atoms with Crippen molar-refractivity contribution in [3.8, 4) is 0 Å². The maximum Gasteiger partial charge on any atom is 0.135 e. The quantitative estimate of drug-likeness (QED) is 0.325. The lowest BCUT2D eigenvalue weighted by Crippen LogP contribution is -2.17. The average Bonchev–Trinajstić information content (AvgIpc) is 3.21. The van der Waals surface area contributed by atoms with Gasteiger partial charge in [-0.25, -0.2) is 0 Å². The molecule has 2 heteroatoms. The minimum absolute atomic E-state index is 0.692. The number of hydrogen-bond donors (Lipinski definition) is 1. The van der Waals surface area contributed by atoms with Crippen molar-refractivity contribution in [3.63, 3.8) is 0 Å². The van der Waals surface area contributed by atoms with Gasteiger partial charge in [-0.1, -0.05) is 100 Å². The fourth-order valence-electron chi connectivity index (χ4n) is 3.35. The van der Waals surface area contributed by atoms with Crippen LogP contribution in [0.1, 0.15) is 33.3 Å². The zero-order valence-electron chi connectivity index (χ0n) is 21.5. The molecule has 0 aliphatic heterocycles. The van der Waals surface area contributed by atoms with Crippen molar-refractivity contribution in [1.82, 2.24) is 0 Å². The highest BCUT2D eigenvalue weighted by Gasteiger charge is 2.00. The van der Waals surface area contributed by atoms with Gasteiger partial charge in [0.25, 0.3) is 0 Å². The average molecular weight is 464 g/mol. The molecule has 1 N–H and O–H groups in total. The van der Waals surface area contributed by atoms with E-state index in [0.717, 1.165) is 45.1 Å². The smallest absolute Gasteiger partial charge is 0.135 e. The van der Waals surface area contributed by atoms with E-state index in [9.17, 15) is 0 Å². The molecule has 0 unspecified atom stereocenters. The van der Waals surface area contributed by atoms with Gasteiger partial charge in [-0.15, -0.1) is 0 Å². The van der Waals surface area contributed by atoms with Crippen LogP contribution in [0.2, 0.25) is 0 Å². The number of furan rings is 1. The van der Waals surface area contributed by atoms with E-state index in [-0.39, 0.29) is 0 Å². The molecule has 0 bridgehead atoms. The predicted octanol–water partition coefficient (Wildman–Crippen LogP) is 8.01. The molecule has 1 heterocycles. The van der Waals surface area contributed by atoms with Crippen molar-refractivity contribution in [2.45, 2.75) is 34.1 Å². The summed E-state index contributed by atoms with van der Waals surface area (Å²) in [7, 11) is 0.